The molecule has 0 amide bonds. The third kappa shape index (κ3) is 2.11. The van der Waals surface area contributed by atoms with Gasteiger partial charge in [-0.25, -0.2) is 0 Å². The van der Waals surface area contributed by atoms with E-state index in [2.05, 4.69) is 40.7 Å². The molecule has 0 aromatic rings. The molecule has 2 fully saturated rings. The zero-order valence-corrected chi connectivity index (χ0v) is 14.2. The van der Waals surface area contributed by atoms with E-state index in [0.29, 0.717) is 10.8 Å². The lowest BCUT2D eigenvalue weighted by Crippen LogP contribution is -2.50. The Labute approximate surface area is 125 Å². The van der Waals surface area contributed by atoms with E-state index in [0.717, 1.165) is 11.8 Å². The molecule has 2 unspecified atom stereocenters. The lowest BCUT2D eigenvalue weighted by atomic mass is 9.46. The Kier molecular flexibility index (Phi) is 3.42. The molecule has 0 spiro atoms. The Hall–Kier alpha value is -0.520. The molecular formula is C20H32. The molecule has 0 aromatic carbocycles. The molecule has 3 rings (SSSR count). The van der Waals surface area contributed by atoms with Gasteiger partial charge in [-0.2, -0.15) is 0 Å². The Balaban J connectivity index is 1.97. The van der Waals surface area contributed by atoms with Crippen LogP contribution in [0.2, 0.25) is 0 Å². The van der Waals surface area contributed by atoms with Crippen LogP contribution in [0.5, 0.6) is 0 Å². The maximum atomic E-state index is 2.63. The van der Waals surface area contributed by atoms with E-state index >= 15 is 0 Å². The first kappa shape index (κ1) is 14.4. The average Bonchev–Trinajstić information content (AvgIpc) is 2.37. The number of allylic oxidation sites excluding steroid dienone is 4. The number of fused-ring (bicyclic) bond motifs is 3. The number of hydrogen-bond donors (Lipinski definition) is 0. The normalized spacial score (nSPS) is 39.6. The van der Waals surface area contributed by atoms with Crippen LogP contribution >= 0.6 is 0 Å². The molecule has 0 heteroatoms. The summed E-state index contributed by atoms with van der Waals surface area (Å²) in [5, 5.41) is 0. The van der Waals surface area contributed by atoms with Crippen molar-refractivity contribution >= 4 is 0 Å². The van der Waals surface area contributed by atoms with E-state index in [1.165, 1.54) is 50.5 Å². The second-order valence-electron chi connectivity index (χ2n) is 8.77. The highest BCUT2D eigenvalue weighted by atomic mass is 14.6. The molecule has 3 aliphatic rings. The van der Waals surface area contributed by atoms with E-state index in [9.17, 15) is 0 Å². The fraction of sp³-hybridized carbons (Fsp3) is 0.800. The van der Waals surface area contributed by atoms with Gasteiger partial charge in [-0.05, 0) is 80.6 Å². The van der Waals surface area contributed by atoms with Crippen molar-refractivity contribution in [3.63, 3.8) is 0 Å². The summed E-state index contributed by atoms with van der Waals surface area (Å²) in [6.45, 7) is 12.3. The fourth-order valence-corrected chi connectivity index (χ4v) is 5.89. The van der Waals surface area contributed by atoms with E-state index in [-0.39, 0.29) is 0 Å². The Morgan fingerprint density at radius 1 is 1.05 bits per heavy atom. The first-order chi connectivity index (χ1) is 9.34. The molecule has 0 aromatic heterocycles. The average molecular weight is 272 g/mol. The topological polar surface area (TPSA) is 0 Å². The minimum absolute atomic E-state index is 0.565. The summed E-state index contributed by atoms with van der Waals surface area (Å²) in [6.07, 6.45) is 12.5. The van der Waals surface area contributed by atoms with E-state index < -0.39 is 0 Å². The summed E-state index contributed by atoms with van der Waals surface area (Å²) in [6, 6.07) is 0. The van der Waals surface area contributed by atoms with Crippen molar-refractivity contribution in [1.82, 2.24) is 0 Å². The van der Waals surface area contributed by atoms with Crippen molar-refractivity contribution in [2.24, 2.45) is 22.7 Å². The van der Waals surface area contributed by atoms with Crippen LogP contribution in [0.3, 0.4) is 0 Å². The van der Waals surface area contributed by atoms with E-state index in [1.54, 1.807) is 11.1 Å². The summed E-state index contributed by atoms with van der Waals surface area (Å²) in [7, 11) is 0. The van der Waals surface area contributed by atoms with Gasteiger partial charge in [0.15, 0.2) is 0 Å². The standard InChI is InChI=1S/C20H32/c1-14(2)15-7-9-17-16(13-15)8-10-18-19(3,4)11-6-12-20(17,18)5/h13,17-18H,6-12H2,1-5H3/t17?,18?,20-/m1/s1. The first-order valence-corrected chi connectivity index (χ1v) is 8.71. The molecule has 0 aliphatic heterocycles. The van der Waals surface area contributed by atoms with Gasteiger partial charge in [0.2, 0.25) is 0 Å². The van der Waals surface area contributed by atoms with Crippen molar-refractivity contribution in [3.8, 4) is 0 Å². The minimum atomic E-state index is 0.565. The van der Waals surface area contributed by atoms with Gasteiger partial charge in [0, 0.05) is 0 Å². The predicted molar refractivity (Wildman–Crippen MR) is 87.6 cm³/mol. The molecule has 20 heavy (non-hydrogen) atoms. The van der Waals surface area contributed by atoms with Gasteiger partial charge < -0.3 is 0 Å². The zero-order chi connectivity index (χ0) is 14.5. The number of hydrogen-bond acceptors (Lipinski definition) is 0. The molecule has 0 nitrogen and oxygen atoms in total. The van der Waals surface area contributed by atoms with Crippen LogP contribution < -0.4 is 0 Å². The lowest BCUT2D eigenvalue weighted by Gasteiger charge is -2.59. The summed E-state index contributed by atoms with van der Waals surface area (Å²) in [5.74, 6) is 1.82. The van der Waals surface area contributed by atoms with Crippen molar-refractivity contribution in [2.45, 2.75) is 79.6 Å². The molecule has 2 saturated carbocycles. The SMILES string of the molecule is CC(C)=C1C=C2CCC3C(C)(C)CCC[C@]3(C)C2CC1. The quantitative estimate of drug-likeness (QED) is 0.486. The monoisotopic (exact) mass is 272 g/mol. The minimum Gasteiger partial charge on any atom is -0.0732 e. The van der Waals surface area contributed by atoms with Crippen molar-refractivity contribution < 1.29 is 0 Å². The highest BCUT2D eigenvalue weighted by molar-refractivity contribution is 5.34. The van der Waals surface area contributed by atoms with Crippen LogP contribution in [0.15, 0.2) is 22.8 Å². The Bertz CT molecular complexity index is 458. The third-order valence-corrected chi connectivity index (χ3v) is 6.95. The summed E-state index contributed by atoms with van der Waals surface area (Å²) in [5.41, 5.74) is 6.11. The molecular weight excluding hydrogens is 240 g/mol. The van der Waals surface area contributed by atoms with Gasteiger partial charge in [0.05, 0.1) is 0 Å². The van der Waals surface area contributed by atoms with E-state index in [4.69, 9.17) is 0 Å². The van der Waals surface area contributed by atoms with Crippen LogP contribution in [0.1, 0.15) is 79.6 Å². The molecule has 112 valence electrons. The molecule has 0 bridgehead atoms. The van der Waals surface area contributed by atoms with Gasteiger partial charge in [-0.1, -0.05) is 44.4 Å². The predicted octanol–water partition coefficient (Wildman–Crippen LogP) is 6.29. The first-order valence-electron chi connectivity index (χ1n) is 8.71. The highest BCUT2D eigenvalue weighted by Crippen LogP contribution is 2.62. The highest BCUT2D eigenvalue weighted by Gasteiger charge is 2.53. The summed E-state index contributed by atoms with van der Waals surface area (Å²) < 4.78 is 0. The maximum absolute atomic E-state index is 2.63. The van der Waals surface area contributed by atoms with Gasteiger partial charge >= 0.3 is 0 Å². The largest absolute Gasteiger partial charge is 0.0732 e. The number of rotatable bonds is 0. The van der Waals surface area contributed by atoms with Crippen LogP contribution in [0, 0.1) is 22.7 Å². The van der Waals surface area contributed by atoms with Crippen LogP contribution in [0.4, 0.5) is 0 Å². The molecule has 0 saturated heterocycles. The Morgan fingerprint density at radius 3 is 2.50 bits per heavy atom. The fourth-order valence-electron chi connectivity index (χ4n) is 5.89. The molecule has 3 aliphatic carbocycles. The second kappa shape index (κ2) is 4.75. The van der Waals surface area contributed by atoms with Crippen molar-refractivity contribution in [1.29, 1.82) is 0 Å². The van der Waals surface area contributed by atoms with Gasteiger partial charge in [0.25, 0.3) is 0 Å². The molecule has 3 atom stereocenters. The maximum Gasteiger partial charge on any atom is -0.0140 e. The van der Waals surface area contributed by atoms with E-state index in [1.807, 2.05) is 0 Å². The zero-order valence-electron chi connectivity index (χ0n) is 14.2. The molecule has 0 heterocycles. The Morgan fingerprint density at radius 2 is 1.80 bits per heavy atom. The van der Waals surface area contributed by atoms with Crippen molar-refractivity contribution in [3.05, 3.63) is 22.8 Å². The second-order valence-corrected chi connectivity index (χ2v) is 8.77. The molecule has 0 radical (unpaired) electrons. The third-order valence-electron chi connectivity index (χ3n) is 6.95. The summed E-state index contributed by atoms with van der Waals surface area (Å²) in [4.78, 5) is 0. The van der Waals surface area contributed by atoms with Crippen LogP contribution in [-0.2, 0) is 0 Å². The van der Waals surface area contributed by atoms with Gasteiger partial charge in [-0.15, -0.1) is 0 Å². The summed E-state index contributed by atoms with van der Waals surface area (Å²) >= 11 is 0. The van der Waals surface area contributed by atoms with Crippen LogP contribution in [0.25, 0.3) is 0 Å². The van der Waals surface area contributed by atoms with Gasteiger partial charge in [-0.3, -0.25) is 0 Å². The van der Waals surface area contributed by atoms with Gasteiger partial charge in [0.1, 0.15) is 0 Å². The smallest absolute Gasteiger partial charge is 0.0140 e. The van der Waals surface area contributed by atoms with Crippen LogP contribution in [-0.4, -0.2) is 0 Å². The molecule has 0 N–H and O–H groups in total. The lowest BCUT2D eigenvalue weighted by molar-refractivity contribution is -0.0551. The van der Waals surface area contributed by atoms with Crippen molar-refractivity contribution in [2.75, 3.05) is 0 Å².